The maximum atomic E-state index is 10.7. The molecule has 6 nitrogen and oxygen atoms in total. The first-order chi connectivity index (χ1) is 9.13. The van der Waals surface area contributed by atoms with Crippen LogP contribution in [-0.2, 0) is 0 Å². The van der Waals surface area contributed by atoms with Crippen molar-refractivity contribution in [2.45, 2.75) is 6.92 Å². The highest BCUT2D eigenvalue weighted by atomic mass is 16.4. The monoisotopic (exact) mass is 255 g/mol. The van der Waals surface area contributed by atoms with E-state index in [2.05, 4.69) is 15.2 Å². The summed E-state index contributed by atoms with van der Waals surface area (Å²) in [5.41, 5.74) is 2.76. The Labute approximate surface area is 107 Å². The average Bonchev–Trinajstić information content (AvgIpc) is 2.77. The van der Waals surface area contributed by atoms with Crippen molar-refractivity contribution in [3.8, 4) is 11.3 Å². The molecule has 0 amide bonds. The third kappa shape index (κ3) is 2.03. The van der Waals surface area contributed by atoms with Crippen LogP contribution in [0.15, 0.2) is 34.7 Å². The number of hydrogen-bond donors (Lipinski definition) is 1. The van der Waals surface area contributed by atoms with E-state index in [1.807, 2.05) is 12.1 Å². The summed E-state index contributed by atoms with van der Waals surface area (Å²) in [6.07, 6.45) is 0. The number of benzene rings is 1. The lowest BCUT2D eigenvalue weighted by molar-refractivity contribution is 0.0689. The minimum atomic E-state index is -1.10. The molecule has 0 radical (unpaired) electrons. The fourth-order valence-corrected chi connectivity index (χ4v) is 1.80. The third-order valence-electron chi connectivity index (χ3n) is 2.67. The number of carboxylic acids is 1. The predicted molar refractivity (Wildman–Crippen MR) is 66.7 cm³/mol. The van der Waals surface area contributed by atoms with Gasteiger partial charge in [0.1, 0.15) is 5.52 Å². The van der Waals surface area contributed by atoms with Crippen LogP contribution in [0, 0.1) is 6.92 Å². The van der Waals surface area contributed by atoms with Crippen molar-refractivity contribution < 1.29 is 14.3 Å². The first-order valence-electron chi connectivity index (χ1n) is 5.58. The quantitative estimate of drug-likeness (QED) is 0.755. The molecule has 0 unspecified atom stereocenters. The van der Waals surface area contributed by atoms with Crippen molar-refractivity contribution in [1.29, 1.82) is 0 Å². The lowest BCUT2D eigenvalue weighted by Crippen LogP contribution is -2.01. The predicted octanol–water partition coefficient (Wildman–Crippen LogP) is 2.29. The second-order valence-corrected chi connectivity index (χ2v) is 4.02. The fraction of sp³-hybridized carbons (Fsp3) is 0.0769. The van der Waals surface area contributed by atoms with E-state index in [0.717, 1.165) is 11.1 Å². The second kappa shape index (κ2) is 4.16. The molecule has 0 bridgehead atoms. The Hall–Kier alpha value is -2.76. The van der Waals surface area contributed by atoms with E-state index >= 15 is 0 Å². The van der Waals surface area contributed by atoms with Gasteiger partial charge in [0.05, 0.1) is 5.69 Å². The van der Waals surface area contributed by atoms with Gasteiger partial charge in [0.2, 0.25) is 0 Å². The van der Waals surface area contributed by atoms with Gasteiger partial charge in [-0.3, -0.25) is 0 Å². The largest absolute Gasteiger partial charge is 0.476 e. The lowest BCUT2D eigenvalue weighted by Gasteiger charge is -1.99. The van der Waals surface area contributed by atoms with E-state index in [9.17, 15) is 4.79 Å². The summed E-state index contributed by atoms with van der Waals surface area (Å²) in [6, 6.07) is 8.50. The number of aromatic carboxylic acids is 1. The summed E-state index contributed by atoms with van der Waals surface area (Å²) >= 11 is 0. The summed E-state index contributed by atoms with van der Waals surface area (Å²) < 4.78 is 5.38. The van der Waals surface area contributed by atoms with E-state index in [-0.39, 0.29) is 5.69 Å². The Morgan fingerprint density at radius 2 is 2.05 bits per heavy atom. The molecule has 0 saturated carbocycles. The smallest absolute Gasteiger partial charge is 0.356 e. The number of fused-ring (bicyclic) bond motifs is 1. The normalized spacial score (nSPS) is 10.8. The molecule has 3 rings (SSSR count). The van der Waals surface area contributed by atoms with Gasteiger partial charge < -0.3 is 9.52 Å². The average molecular weight is 255 g/mol. The van der Waals surface area contributed by atoms with Crippen LogP contribution >= 0.6 is 0 Å². The van der Waals surface area contributed by atoms with Crippen molar-refractivity contribution >= 4 is 17.1 Å². The van der Waals surface area contributed by atoms with Gasteiger partial charge in [0.25, 0.3) is 0 Å². The molecule has 2 heterocycles. The van der Waals surface area contributed by atoms with Crippen LogP contribution in [0.1, 0.15) is 16.4 Å². The highest BCUT2D eigenvalue weighted by Gasteiger charge is 2.08. The molecule has 0 spiro atoms. The zero-order chi connectivity index (χ0) is 13.4. The van der Waals surface area contributed by atoms with Gasteiger partial charge in [0, 0.05) is 12.5 Å². The zero-order valence-corrected chi connectivity index (χ0v) is 9.99. The molecule has 0 aliphatic rings. The van der Waals surface area contributed by atoms with Crippen molar-refractivity contribution in [1.82, 2.24) is 15.2 Å². The molecular formula is C13H9N3O3. The first-order valence-corrected chi connectivity index (χ1v) is 5.58. The Morgan fingerprint density at radius 3 is 2.74 bits per heavy atom. The molecule has 2 aromatic heterocycles. The third-order valence-corrected chi connectivity index (χ3v) is 2.67. The number of carboxylic acid groups (broad SMARTS) is 1. The van der Waals surface area contributed by atoms with Gasteiger partial charge in [-0.05, 0) is 30.3 Å². The molecule has 0 saturated heterocycles. The molecule has 3 aromatic rings. The molecule has 1 N–H and O–H groups in total. The van der Waals surface area contributed by atoms with Crippen molar-refractivity contribution in [2.24, 2.45) is 0 Å². The molecule has 94 valence electrons. The number of oxazole rings is 1. The molecule has 0 aliphatic heterocycles. The SMILES string of the molecule is Cc1nc2cc(-c3ccc(C(=O)O)nn3)ccc2o1. The molecule has 19 heavy (non-hydrogen) atoms. The van der Waals surface area contributed by atoms with Crippen LogP contribution in [0.25, 0.3) is 22.4 Å². The Morgan fingerprint density at radius 1 is 1.21 bits per heavy atom. The van der Waals surface area contributed by atoms with Gasteiger partial charge >= 0.3 is 5.97 Å². The topological polar surface area (TPSA) is 89.1 Å². The molecule has 0 aliphatic carbocycles. The van der Waals surface area contributed by atoms with Gasteiger partial charge in [0.15, 0.2) is 17.2 Å². The fourth-order valence-electron chi connectivity index (χ4n) is 1.80. The van der Waals surface area contributed by atoms with E-state index in [4.69, 9.17) is 9.52 Å². The highest BCUT2D eigenvalue weighted by Crippen LogP contribution is 2.23. The summed E-state index contributed by atoms with van der Waals surface area (Å²) in [7, 11) is 0. The first kappa shape index (κ1) is 11.3. The molecule has 0 atom stereocenters. The minimum absolute atomic E-state index is 0.0814. The van der Waals surface area contributed by atoms with Gasteiger partial charge in [-0.25, -0.2) is 9.78 Å². The van der Waals surface area contributed by atoms with Crippen LogP contribution in [0.2, 0.25) is 0 Å². The van der Waals surface area contributed by atoms with Crippen LogP contribution in [0.4, 0.5) is 0 Å². The lowest BCUT2D eigenvalue weighted by atomic mass is 10.1. The van der Waals surface area contributed by atoms with Crippen LogP contribution < -0.4 is 0 Å². The van der Waals surface area contributed by atoms with Gasteiger partial charge in [-0.2, -0.15) is 0 Å². The van der Waals surface area contributed by atoms with Crippen molar-refractivity contribution in [3.63, 3.8) is 0 Å². The van der Waals surface area contributed by atoms with E-state index < -0.39 is 5.97 Å². The van der Waals surface area contributed by atoms with E-state index in [1.165, 1.54) is 6.07 Å². The van der Waals surface area contributed by atoms with Crippen molar-refractivity contribution in [3.05, 3.63) is 41.9 Å². The number of rotatable bonds is 2. The maximum absolute atomic E-state index is 10.7. The Balaban J connectivity index is 2.05. The van der Waals surface area contributed by atoms with E-state index in [0.29, 0.717) is 17.2 Å². The number of nitrogens with zero attached hydrogens (tertiary/aromatic N) is 3. The van der Waals surface area contributed by atoms with Crippen molar-refractivity contribution in [2.75, 3.05) is 0 Å². The van der Waals surface area contributed by atoms with Crippen LogP contribution in [-0.4, -0.2) is 26.3 Å². The maximum Gasteiger partial charge on any atom is 0.356 e. The van der Waals surface area contributed by atoms with Crippen LogP contribution in [0.3, 0.4) is 0 Å². The molecule has 1 aromatic carbocycles. The Bertz CT molecular complexity index is 762. The van der Waals surface area contributed by atoms with Crippen LogP contribution in [0.5, 0.6) is 0 Å². The van der Waals surface area contributed by atoms with Gasteiger partial charge in [-0.15, -0.1) is 10.2 Å². The van der Waals surface area contributed by atoms with E-state index in [1.54, 1.807) is 19.1 Å². The summed E-state index contributed by atoms with van der Waals surface area (Å²) in [5, 5.41) is 16.3. The Kier molecular flexibility index (Phi) is 2.49. The summed E-state index contributed by atoms with van der Waals surface area (Å²) in [4.78, 5) is 14.9. The number of hydrogen-bond acceptors (Lipinski definition) is 5. The highest BCUT2D eigenvalue weighted by molar-refractivity contribution is 5.85. The minimum Gasteiger partial charge on any atom is -0.476 e. The number of aromatic nitrogens is 3. The second-order valence-electron chi connectivity index (χ2n) is 4.02. The number of aryl methyl sites for hydroxylation is 1. The molecule has 0 fully saturated rings. The number of carbonyl (C=O) groups is 1. The van der Waals surface area contributed by atoms with Gasteiger partial charge in [-0.1, -0.05) is 0 Å². The summed E-state index contributed by atoms with van der Waals surface area (Å²) in [6.45, 7) is 1.78. The molecular weight excluding hydrogens is 246 g/mol. The standard InChI is InChI=1S/C13H9N3O3/c1-7-14-11-6-8(2-5-12(11)19-7)9-3-4-10(13(17)18)16-15-9/h2-6H,1H3,(H,17,18). The summed E-state index contributed by atoms with van der Waals surface area (Å²) in [5.74, 6) is -0.499. The zero-order valence-electron chi connectivity index (χ0n) is 9.99. The molecule has 6 heteroatoms.